The summed E-state index contributed by atoms with van der Waals surface area (Å²) in [5.74, 6) is 1.43. The van der Waals surface area contributed by atoms with E-state index in [1.807, 2.05) is 11.0 Å². The Bertz CT molecular complexity index is 712. The van der Waals surface area contributed by atoms with Gasteiger partial charge in [-0.1, -0.05) is 43.2 Å². The fraction of sp³-hybridized carbons (Fsp3) is 0.667. The van der Waals surface area contributed by atoms with Gasteiger partial charge in [0.15, 0.2) is 5.96 Å². The van der Waals surface area contributed by atoms with Crippen molar-refractivity contribution in [3.05, 3.63) is 35.9 Å². The van der Waals surface area contributed by atoms with Gasteiger partial charge in [-0.3, -0.25) is 9.79 Å². The van der Waals surface area contributed by atoms with E-state index in [0.717, 1.165) is 44.9 Å². The third kappa shape index (κ3) is 6.21. The first-order valence-corrected chi connectivity index (χ1v) is 11.5. The zero-order chi connectivity index (χ0) is 21.6. The van der Waals surface area contributed by atoms with Crippen LogP contribution < -0.4 is 16.0 Å². The van der Waals surface area contributed by atoms with E-state index >= 15 is 0 Å². The van der Waals surface area contributed by atoms with Crippen LogP contribution in [-0.2, 0) is 4.79 Å². The van der Waals surface area contributed by atoms with Crippen molar-refractivity contribution in [1.82, 2.24) is 20.9 Å². The largest absolute Gasteiger partial charge is 0.355 e. The van der Waals surface area contributed by atoms with Crippen LogP contribution in [0.2, 0.25) is 0 Å². The smallest absolute Gasteiger partial charge is 0.225 e. The van der Waals surface area contributed by atoms with Gasteiger partial charge < -0.3 is 20.9 Å². The van der Waals surface area contributed by atoms with Crippen LogP contribution in [0.25, 0.3) is 0 Å². The second kappa shape index (κ2) is 10.3. The molecule has 1 saturated carbocycles. The Morgan fingerprint density at radius 1 is 1.20 bits per heavy atom. The maximum absolute atomic E-state index is 12.7. The molecule has 166 valence electrons. The zero-order valence-corrected chi connectivity index (χ0v) is 19.1. The molecule has 2 aliphatic rings. The summed E-state index contributed by atoms with van der Waals surface area (Å²) in [7, 11) is 1.80. The number of carbonyl (C=O) groups excluding carboxylic acids is 1. The van der Waals surface area contributed by atoms with Gasteiger partial charge in [-0.15, -0.1) is 0 Å². The van der Waals surface area contributed by atoms with Gasteiger partial charge in [0.1, 0.15) is 0 Å². The van der Waals surface area contributed by atoms with Crippen LogP contribution in [-0.4, -0.2) is 55.0 Å². The number of benzene rings is 1. The van der Waals surface area contributed by atoms with E-state index in [2.05, 4.69) is 66.0 Å². The highest BCUT2D eigenvalue weighted by atomic mass is 16.2. The summed E-state index contributed by atoms with van der Waals surface area (Å²) < 4.78 is 0. The maximum Gasteiger partial charge on any atom is 0.225 e. The normalized spacial score (nSPS) is 21.7. The quantitative estimate of drug-likeness (QED) is 0.475. The van der Waals surface area contributed by atoms with Gasteiger partial charge >= 0.3 is 0 Å². The van der Waals surface area contributed by atoms with Gasteiger partial charge in [0.2, 0.25) is 5.91 Å². The molecular formula is C24H39N5O. The SMILES string of the molecule is CN=C(NCC(C)(C)NC(C)c1ccccc1)NC1CCN(C(=O)C2CCCC2)C1. The monoisotopic (exact) mass is 413 g/mol. The minimum absolute atomic E-state index is 0.104. The van der Waals surface area contributed by atoms with Crippen molar-refractivity contribution >= 4 is 11.9 Å². The summed E-state index contributed by atoms with van der Waals surface area (Å²) in [6, 6.07) is 11.0. The molecule has 2 fully saturated rings. The predicted molar refractivity (Wildman–Crippen MR) is 124 cm³/mol. The molecule has 1 aliphatic heterocycles. The maximum atomic E-state index is 12.7. The molecule has 1 amide bonds. The van der Waals surface area contributed by atoms with E-state index in [1.54, 1.807) is 7.05 Å². The Hall–Kier alpha value is -2.08. The molecule has 30 heavy (non-hydrogen) atoms. The minimum atomic E-state index is -0.104. The van der Waals surface area contributed by atoms with Crippen molar-refractivity contribution in [2.24, 2.45) is 10.9 Å². The Labute approximate surface area is 181 Å². The highest BCUT2D eigenvalue weighted by Gasteiger charge is 2.32. The number of aliphatic imine (C=N–C) groups is 1. The Morgan fingerprint density at radius 3 is 2.57 bits per heavy atom. The van der Waals surface area contributed by atoms with Crippen LogP contribution >= 0.6 is 0 Å². The van der Waals surface area contributed by atoms with Crippen LogP contribution in [0.4, 0.5) is 0 Å². The summed E-state index contributed by atoms with van der Waals surface area (Å²) in [6.07, 6.45) is 5.52. The van der Waals surface area contributed by atoms with Crippen molar-refractivity contribution in [2.75, 3.05) is 26.7 Å². The van der Waals surface area contributed by atoms with Gasteiger partial charge in [0, 0.05) is 50.2 Å². The number of amides is 1. The number of hydrogen-bond donors (Lipinski definition) is 3. The molecule has 0 bridgehead atoms. The van der Waals surface area contributed by atoms with Crippen LogP contribution in [0.1, 0.15) is 64.5 Å². The number of rotatable bonds is 7. The molecule has 1 heterocycles. The molecular weight excluding hydrogens is 374 g/mol. The first kappa shape index (κ1) is 22.6. The van der Waals surface area contributed by atoms with E-state index in [-0.39, 0.29) is 23.5 Å². The average Bonchev–Trinajstić information content (AvgIpc) is 3.43. The van der Waals surface area contributed by atoms with Gasteiger partial charge in [0.25, 0.3) is 0 Å². The first-order chi connectivity index (χ1) is 14.4. The lowest BCUT2D eigenvalue weighted by Gasteiger charge is -2.32. The Morgan fingerprint density at radius 2 is 1.90 bits per heavy atom. The summed E-state index contributed by atoms with van der Waals surface area (Å²) in [6.45, 7) is 8.98. The van der Waals surface area contributed by atoms with E-state index in [0.29, 0.717) is 5.91 Å². The molecule has 2 unspecified atom stereocenters. The van der Waals surface area contributed by atoms with Crippen molar-refractivity contribution < 1.29 is 4.79 Å². The van der Waals surface area contributed by atoms with Crippen LogP contribution in [0.3, 0.4) is 0 Å². The Kier molecular flexibility index (Phi) is 7.75. The number of hydrogen-bond acceptors (Lipinski definition) is 3. The topological polar surface area (TPSA) is 68.8 Å². The van der Waals surface area contributed by atoms with E-state index in [1.165, 1.54) is 18.4 Å². The van der Waals surface area contributed by atoms with E-state index in [9.17, 15) is 4.79 Å². The lowest BCUT2D eigenvalue weighted by Crippen LogP contribution is -2.53. The minimum Gasteiger partial charge on any atom is -0.355 e. The molecule has 3 rings (SSSR count). The number of likely N-dealkylation sites (tertiary alicyclic amines) is 1. The van der Waals surface area contributed by atoms with Gasteiger partial charge in [0.05, 0.1) is 0 Å². The van der Waals surface area contributed by atoms with Gasteiger partial charge in [-0.2, -0.15) is 0 Å². The summed E-state index contributed by atoms with van der Waals surface area (Å²) in [5, 5.41) is 10.7. The van der Waals surface area contributed by atoms with Crippen molar-refractivity contribution in [2.45, 2.75) is 70.5 Å². The first-order valence-electron chi connectivity index (χ1n) is 11.5. The lowest BCUT2D eigenvalue weighted by molar-refractivity contribution is -0.134. The second-order valence-corrected chi connectivity index (χ2v) is 9.48. The number of nitrogens with zero attached hydrogens (tertiary/aromatic N) is 2. The molecule has 1 aliphatic carbocycles. The van der Waals surface area contributed by atoms with Gasteiger partial charge in [-0.05, 0) is 45.6 Å². The molecule has 0 spiro atoms. The number of guanidine groups is 1. The standard InChI is InChI=1S/C24H39N5O/c1-18(19-10-6-5-7-11-19)28-24(2,3)17-26-23(25-4)27-21-14-15-29(16-21)22(30)20-12-8-9-13-20/h5-7,10-11,18,20-21,28H,8-9,12-17H2,1-4H3,(H2,25,26,27). The Balaban J connectivity index is 1.44. The third-order valence-corrected chi connectivity index (χ3v) is 6.37. The predicted octanol–water partition coefficient (Wildman–Crippen LogP) is 3.07. The average molecular weight is 414 g/mol. The number of carbonyl (C=O) groups is 1. The van der Waals surface area contributed by atoms with Crippen molar-refractivity contribution in [3.63, 3.8) is 0 Å². The summed E-state index contributed by atoms with van der Waals surface area (Å²) in [5.41, 5.74) is 1.18. The lowest BCUT2D eigenvalue weighted by atomic mass is 10.0. The highest BCUT2D eigenvalue weighted by molar-refractivity contribution is 5.81. The van der Waals surface area contributed by atoms with Crippen LogP contribution in [0, 0.1) is 5.92 Å². The molecule has 1 saturated heterocycles. The van der Waals surface area contributed by atoms with Crippen LogP contribution in [0.15, 0.2) is 35.3 Å². The molecule has 6 heteroatoms. The highest BCUT2D eigenvalue weighted by Crippen LogP contribution is 2.27. The molecule has 1 aromatic rings. The summed E-state index contributed by atoms with van der Waals surface area (Å²) in [4.78, 5) is 19.1. The molecule has 3 N–H and O–H groups in total. The third-order valence-electron chi connectivity index (χ3n) is 6.37. The van der Waals surface area contributed by atoms with Crippen molar-refractivity contribution in [1.29, 1.82) is 0 Å². The molecule has 1 aromatic carbocycles. The molecule has 0 aromatic heterocycles. The summed E-state index contributed by atoms with van der Waals surface area (Å²) >= 11 is 0. The van der Waals surface area contributed by atoms with Crippen LogP contribution in [0.5, 0.6) is 0 Å². The zero-order valence-electron chi connectivity index (χ0n) is 19.1. The van der Waals surface area contributed by atoms with Gasteiger partial charge in [-0.25, -0.2) is 0 Å². The molecule has 6 nitrogen and oxygen atoms in total. The van der Waals surface area contributed by atoms with E-state index < -0.39 is 0 Å². The van der Waals surface area contributed by atoms with Crippen molar-refractivity contribution in [3.8, 4) is 0 Å². The molecule has 2 atom stereocenters. The number of nitrogens with one attached hydrogen (secondary N) is 3. The fourth-order valence-electron chi connectivity index (χ4n) is 4.66. The fourth-order valence-corrected chi connectivity index (χ4v) is 4.66. The molecule has 0 radical (unpaired) electrons. The van der Waals surface area contributed by atoms with E-state index in [4.69, 9.17) is 0 Å². The second-order valence-electron chi connectivity index (χ2n) is 9.48.